The first-order chi connectivity index (χ1) is 11.5. The normalized spacial score (nSPS) is 15.2. The number of aliphatic carboxylic acids is 1. The summed E-state index contributed by atoms with van der Waals surface area (Å²) in [6.45, 7) is 1.03. The summed E-state index contributed by atoms with van der Waals surface area (Å²) in [5.41, 5.74) is 0.0423. The van der Waals surface area contributed by atoms with Crippen molar-refractivity contribution in [2.24, 2.45) is 5.92 Å². The second-order valence-electron chi connectivity index (χ2n) is 5.93. The minimum absolute atomic E-state index is 0.0344. The van der Waals surface area contributed by atoms with E-state index in [0.29, 0.717) is 13.2 Å². The number of hydrogen-bond acceptors (Lipinski definition) is 3. The minimum atomic E-state index is -1.04. The molecule has 0 bridgehead atoms. The Morgan fingerprint density at radius 3 is 2.62 bits per heavy atom. The third-order valence-electron chi connectivity index (χ3n) is 4.15. The lowest BCUT2D eigenvalue weighted by atomic mass is 9.96. The van der Waals surface area contributed by atoms with Crippen LogP contribution in [0.3, 0.4) is 0 Å². The molecule has 24 heavy (non-hydrogen) atoms. The van der Waals surface area contributed by atoms with Crippen LogP contribution in [-0.4, -0.2) is 41.6 Å². The first-order valence-corrected chi connectivity index (χ1v) is 7.97. The van der Waals surface area contributed by atoms with Crippen LogP contribution >= 0.6 is 0 Å². The summed E-state index contributed by atoms with van der Waals surface area (Å²) in [7, 11) is 0. The fraction of sp³-hybridized carbons (Fsp3) is 0.529. The maximum Gasteiger partial charge on any atom is 0.305 e. The molecule has 1 aliphatic heterocycles. The van der Waals surface area contributed by atoms with E-state index in [-0.39, 0.29) is 43.3 Å². The van der Waals surface area contributed by atoms with Crippen molar-refractivity contribution >= 4 is 11.9 Å². The molecule has 5 nitrogen and oxygen atoms in total. The van der Waals surface area contributed by atoms with Crippen molar-refractivity contribution in [3.8, 4) is 0 Å². The maximum atomic E-state index is 13.8. The van der Waals surface area contributed by atoms with Crippen molar-refractivity contribution in [1.82, 2.24) is 4.90 Å². The highest BCUT2D eigenvalue weighted by molar-refractivity contribution is 5.77. The number of benzene rings is 1. The quantitative estimate of drug-likeness (QED) is 0.828. The molecule has 2 rings (SSSR count). The van der Waals surface area contributed by atoms with Crippen LogP contribution in [0.5, 0.6) is 0 Å². The Balaban J connectivity index is 2.06. The molecule has 0 aromatic heterocycles. The second-order valence-corrected chi connectivity index (χ2v) is 5.93. The largest absolute Gasteiger partial charge is 0.481 e. The third-order valence-corrected chi connectivity index (χ3v) is 4.15. The molecule has 7 heteroatoms. The van der Waals surface area contributed by atoms with Gasteiger partial charge in [-0.1, -0.05) is 12.1 Å². The molecule has 1 amide bonds. The zero-order valence-corrected chi connectivity index (χ0v) is 13.3. The SMILES string of the molecule is O=C(O)CCN(Cc1cccc(F)c1F)C(=O)CC1CCOCC1. The van der Waals surface area contributed by atoms with E-state index in [4.69, 9.17) is 9.84 Å². The zero-order valence-electron chi connectivity index (χ0n) is 13.3. The average Bonchev–Trinajstić information content (AvgIpc) is 2.56. The Kier molecular flexibility index (Phi) is 6.66. The van der Waals surface area contributed by atoms with E-state index in [0.717, 1.165) is 18.9 Å². The predicted molar refractivity (Wildman–Crippen MR) is 82.2 cm³/mol. The lowest BCUT2D eigenvalue weighted by molar-refractivity contribution is -0.139. The molecule has 1 aromatic rings. The highest BCUT2D eigenvalue weighted by Crippen LogP contribution is 2.21. The number of hydrogen-bond donors (Lipinski definition) is 1. The monoisotopic (exact) mass is 341 g/mol. The fourth-order valence-corrected chi connectivity index (χ4v) is 2.73. The van der Waals surface area contributed by atoms with Gasteiger partial charge in [0.1, 0.15) is 0 Å². The smallest absolute Gasteiger partial charge is 0.305 e. The van der Waals surface area contributed by atoms with Crippen LogP contribution in [0.4, 0.5) is 8.78 Å². The molecule has 1 saturated heterocycles. The Hall–Kier alpha value is -2.02. The molecule has 0 unspecified atom stereocenters. The highest BCUT2D eigenvalue weighted by Gasteiger charge is 2.23. The van der Waals surface area contributed by atoms with E-state index in [2.05, 4.69) is 0 Å². The molecule has 1 heterocycles. The van der Waals surface area contributed by atoms with Crippen molar-refractivity contribution in [1.29, 1.82) is 0 Å². The van der Waals surface area contributed by atoms with E-state index >= 15 is 0 Å². The van der Waals surface area contributed by atoms with Gasteiger partial charge >= 0.3 is 5.97 Å². The molecule has 1 fully saturated rings. The standard InChI is InChI=1S/C17H21F2NO4/c18-14-3-1-2-13(17(14)19)11-20(7-4-16(22)23)15(21)10-12-5-8-24-9-6-12/h1-3,12H,4-11H2,(H,22,23). The Bertz CT molecular complexity index is 588. The van der Waals surface area contributed by atoms with Crippen LogP contribution in [0.1, 0.15) is 31.2 Å². The summed E-state index contributed by atoms with van der Waals surface area (Å²) in [5.74, 6) is -3.10. The van der Waals surface area contributed by atoms with Gasteiger partial charge in [0, 0.05) is 38.3 Å². The Labute approximate surface area is 139 Å². The van der Waals surface area contributed by atoms with Crippen molar-refractivity contribution in [3.05, 3.63) is 35.4 Å². The van der Waals surface area contributed by atoms with Gasteiger partial charge in [-0.25, -0.2) is 8.78 Å². The number of amides is 1. The summed E-state index contributed by atoms with van der Waals surface area (Å²) in [4.78, 5) is 24.6. The van der Waals surface area contributed by atoms with Gasteiger partial charge in [0.05, 0.1) is 6.42 Å². The van der Waals surface area contributed by atoms with Gasteiger partial charge < -0.3 is 14.7 Å². The van der Waals surface area contributed by atoms with Crippen molar-refractivity contribution in [2.75, 3.05) is 19.8 Å². The fourth-order valence-electron chi connectivity index (χ4n) is 2.73. The molecular formula is C17H21F2NO4. The molecule has 0 spiro atoms. The number of carboxylic acid groups (broad SMARTS) is 1. The summed E-state index contributed by atoms with van der Waals surface area (Å²) < 4.78 is 32.4. The maximum absolute atomic E-state index is 13.8. The lowest BCUT2D eigenvalue weighted by Gasteiger charge is -2.27. The first-order valence-electron chi connectivity index (χ1n) is 7.97. The second kappa shape index (κ2) is 8.73. The number of nitrogens with zero attached hydrogens (tertiary/aromatic N) is 1. The molecule has 1 aliphatic rings. The Morgan fingerprint density at radius 1 is 1.25 bits per heavy atom. The summed E-state index contributed by atoms with van der Waals surface area (Å²) in [5, 5.41) is 8.84. The van der Waals surface area contributed by atoms with Crippen molar-refractivity contribution in [2.45, 2.75) is 32.2 Å². The van der Waals surface area contributed by atoms with Crippen LogP contribution in [0.15, 0.2) is 18.2 Å². The van der Waals surface area contributed by atoms with Gasteiger partial charge in [-0.3, -0.25) is 9.59 Å². The van der Waals surface area contributed by atoms with Gasteiger partial charge in [0.2, 0.25) is 5.91 Å². The molecule has 0 aliphatic carbocycles. The number of carbonyl (C=O) groups is 2. The lowest BCUT2D eigenvalue weighted by Crippen LogP contribution is -2.35. The number of rotatable bonds is 7. The van der Waals surface area contributed by atoms with Crippen molar-refractivity contribution < 1.29 is 28.2 Å². The van der Waals surface area contributed by atoms with Gasteiger partial charge in [0.25, 0.3) is 0 Å². The van der Waals surface area contributed by atoms with Crippen LogP contribution in [0, 0.1) is 17.6 Å². The first kappa shape index (κ1) is 18.3. The predicted octanol–water partition coefficient (Wildman–Crippen LogP) is 2.58. The molecular weight excluding hydrogens is 320 g/mol. The number of carboxylic acids is 1. The van der Waals surface area contributed by atoms with Gasteiger partial charge in [0.15, 0.2) is 11.6 Å². The molecule has 0 radical (unpaired) electrons. The third kappa shape index (κ3) is 5.26. The molecule has 1 aromatic carbocycles. The van der Waals surface area contributed by atoms with Gasteiger partial charge in [-0.2, -0.15) is 0 Å². The highest BCUT2D eigenvalue weighted by atomic mass is 19.2. The van der Waals surface area contributed by atoms with E-state index < -0.39 is 17.6 Å². The number of halogens is 2. The average molecular weight is 341 g/mol. The summed E-state index contributed by atoms with van der Waals surface area (Å²) in [6, 6.07) is 3.77. The molecule has 0 atom stereocenters. The molecule has 0 saturated carbocycles. The summed E-state index contributed by atoms with van der Waals surface area (Å²) in [6.07, 6.45) is 1.57. The van der Waals surface area contributed by atoms with Gasteiger partial charge in [-0.05, 0) is 24.8 Å². The topological polar surface area (TPSA) is 66.8 Å². The van der Waals surface area contributed by atoms with E-state index in [9.17, 15) is 18.4 Å². The van der Waals surface area contributed by atoms with Crippen LogP contribution < -0.4 is 0 Å². The molecule has 132 valence electrons. The van der Waals surface area contributed by atoms with Crippen LogP contribution in [0.2, 0.25) is 0 Å². The van der Waals surface area contributed by atoms with Crippen LogP contribution in [0.25, 0.3) is 0 Å². The van der Waals surface area contributed by atoms with E-state index in [1.807, 2.05) is 0 Å². The minimum Gasteiger partial charge on any atom is -0.481 e. The van der Waals surface area contributed by atoms with E-state index in [1.54, 1.807) is 0 Å². The number of carbonyl (C=O) groups excluding carboxylic acids is 1. The van der Waals surface area contributed by atoms with Crippen molar-refractivity contribution in [3.63, 3.8) is 0 Å². The molecule has 1 N–H and O–H groups in total. The zero-order chi connectivity index (χ0) is 17.5. The Morgan fingerprint density at radius 2 is 1.96 bits per heavy atom. The summed E-state index contributed by atoms with van der Waals surface area (Å²) >= 11 is 0. The van der Waals surface area contributed by atoms with Gasteiger partial charge in [-0.15, -0.1) is 0 Å². The number of ether oxygens (including phenoxy) is 1. The van der Waals surface area contributed by atoms with E-state index in [1.165, 1.54) is 17.0 Å². The van der Waals surface area contributed by atoms with Crippen LogP contribution in [-0.2, 0) is 20.9 Å².